The zero-order valence-corrected chi connectivity index (χ0v) is 13.5. The summed E-state index contributed by atoms with van der Waals surface area (Å²) in [6.07, 6.45) is 0. The molecule has 5 heteroatoms. The first kappa shape index (κ1) is 17.4. The highest BCUT2D eigenvalue weighted by molar-refractivity contribution is 5.79. The Morgan fingerprint density at radius 1 is 1.24 bits per heavy atom. The summed E-state index contributed by atoms with van der Waals surface area (Å²) < 4.78 is 13.5. The SMILES string of the molecule is CCN(CC)CCNC(=NC)NCc1ccc(C)c(F)c1. The number of rotatable bonds is 7. The van der Waals surface area contributed by atoms with Crippen LogP contribution >= 0.6 is 0 Å². The summed E-state index contributed by atoms with van der Waals surface area (Å²) in [6.45, 7) is 10.5. The lowest BCUT2D eigenvalue weighted by Gasteiger charge is -2.19. The minimum absolute atomic E-state index is 0.168. The van der Waals surface area contributed by atoms with Crippen LogP contribution in [0.25, 0.3) is 0 Å². The predicted octanol–water partition coefficient (Wildman–Crippen LogP) is 2.14. The Morgan fingerprint density at radius 2 is 1.95 bits per heavy atom. The van der Waals surface area contributed by atoms with E-state index in [-0.39, 0.29) is 5.82 Å². The van der Waals surface area contributed by atoms with Crippen molar-refractivity contribution in [2.24, 2.45) is 4.99 Å². The van der Waals surface area contributed by atoms with E-state index in [1.165, 1.54) is 0 Å². The lowest BCUT2D eigenvalue weighted by Crippen LogP contribution is -2.41. The van der Waals surface area contributed by atoms with Crippen molar-refractivity contribution in [3.8, 4) is 0 Å². The van der Waals surface area contributed by atoms with Crippen molar-refractivity contribution in [1.29, 1.82) is 0 Å². The molecule has 1 aromatic rings. The van der Waals surface area contributed by atoms with Crippen molar-refractivity contribution < 1.29 is 4.39 Å². The molecule has 118 valence electrons. The van der Waals surface area contributed by atoms with Crippen molar-refractivity contribution in [3.05, 3.63) is 35.1 Å². The van der Waals surface area contributed by atoms with Crippen molar-refractivity contribution >= 4 is 5.96 Å². The number of halogens is 1. The van der Waals surface area contributed by atoms with Gasteiger partial charge in [0, 0.05) is 26.7 Å². The van der Waals surface area contributed by atoms with Crippen molar-refractivity contribution in [3.63, 3.8) is 0 Å². The first-order valence-electron chi connectivity index (χ1n) is 7.52. The lowest BCUT2D eigenvalue weighted by atomic mass is 10.1. The molecule has 0 aliphatic rings. The van der Waals surface area contributed by atoms with Gasteiger partial charge in [-0.2, -0.15) is 0 Å². The highest BCUT2D eigenvalue weighted by Crippen LogP contribution is 2.08. The highest BCUT2D eigenvalue weighted by atomic mass is 19.1. The maximum absolute atomic E-state index is 13.5. The van der Waals surface area contributed by atoms with Gasteiger partial charge in [0.2, 0.25) is 0 Å². The van der Waals surface area contributed by atoms with Crippen LogP contribution in [0.15, 0.2) is 23.2 Å². The Kier molecular flexibility index (Phi) is 7.75. The number of likely N-dealkylation sites (N-methyl/N-ethyl adjacent to an activating group) is 1. The van der Waals surface area contributed by atoms with Gasteiger partial charge in [0.15, 0.2) is 5.96 Å². The molecule has 0 aliphatic carbocycles. The van der Waals surface area contributed by atoms with E-state index in [2.05, 4.69) is 34.4 Å². The maximum atomic E-state index is 13.5. The molecule has 0 amide bonds. The van der Waals surface area contributed by atoms with Crippen LogP contribution in [0.5, 0.6) is 0 Å². The average Bonchev–Trinajstić information content (AvgIpc) is 2.50. The van der Waals surface area contributed by atoms with Gasteiger partial charge in [-0.05, 0) is 37.2 Å². The highest BCUT2D eigenvalue weighted by Gasteiger charge is 2.03. The standard InChI is InChI=1S/C16H27FN4/c1-5-21(6-2)10-9-19-16(18-4)20-12-14-8-7-13(3)15(17)11-14/h7-8,11H,5-6,9-10,12H2,1-4H3,(H2,18,19,20). The number of hydrogen-bond acceptors (Lipinski definition) is 2. The van der Waals surface area contributed by atoms with Crippen LogP contribution in [0, 0.1) is 12.7 Å². The number of benzene rings is 1. The van der Waals surface area contributed by atoms with Crippen molar-refractivity contribution in [1.82, 2.24) is 15.5 Å². The van der Waals surface area contributed by atoms with E-state index in [1.807, 2.05) is 6.07 Å². The third-order valence-electron chi connectivity index (χ3n) is 3.53. The van der Waals surface area contributed by atoms with Crippen LogP contribution in [0.2, 0.25) is 0 Å². The molecule has 0 aliphatic heterocycles. The fraction of sp³-hybridized carbons (Fsp3) is 0.562. The molecule has 0 heterocycles. The number of aliphatic imine (C=N–C) groups is 1. The van der Waals surface area contributed by atoms with E-state index in [9.17, 15) is 4.39 Å². The van der Waals surface area contributed by atoms with Gasteiger partial charge in [0.05, 0.1) is 0 Å². The van der Waals surface area contributed by atoms with Crippen LogP contribution in [0.1, 0.15) is 25.0 Å². The lowest BCUT2D eigenvalue weighted by molar-refractivity contribution is 0.308. The second kappa shape index (κ2) is 9.34. The first-order valence-corrected chi connectivity index (χ1v) is 7.52. The van der Waals surface area contributed by atoms with Gasteiger partial charge in [0.25, 0.3) is 0 Å². The summed E-state index contributed by atoms with van der Waals surface area (Å²) in [5, 5.41) is 6.46. The van der Waals surface area contributed by atoms with Crippen molar-refractivity contribution in [2.75, 3.05) is 33.2 Å². The minimum atomic E-state index is -0.168. The zero-order chi connectivity index (χ0) is 15.7. The molecule has 2 N–H and O–H groups in total. The Morgan fingerprint density at radius 3 is 2.52 bits per heavy atom. The van der Waals surface area contributed by atoms with Gasteiger partial charge in [-0.15, -0.1) is 0 Å². The molecule has 4 nitrogen and oxygen atoms in total. The Bertz CT molecular complexity index is 456. The van der Waals surface area contributed by atoms with Crippen LogP contribution in [0.3, 0.4) is 0 Å². The zero-order valence-electron chi connectivity index (χ0n) is 13.5. The number of aryl methyl sites for hydroxylation is 1. The summed E-state index contributed by atoms with van der Waals surface area (Å²) in [7, 11) is 1.74. The third kappa shape index (κ3) is 6.12. The van der Waals surface area contributed by atoms with Crippen LogP contribution in [0.4, 0.5) is 4.39 Å². The second-order valence-electron chi connectivity index (χ2n) is 4.96. The molecule has 0 radical (unpaired) electrons. The summed E-state index contributed by atoms with van der Waals surface area (Å²) in [4.78, 5) is 6.52. The molecule has 0 unspecified atom stereocenters. The Hall–Kier alpha value is -1.62. The largest absolute Gasteiger partial charge is 0.355 e. The molecular formula is C16H27FN4. The van der Waals surface area contributed by atoms with Crippen LogP contribution in [-0.4, -0.2) is 44.1 Å². The summed E-state index contributed by atoms with van der Waals surface area (Å²) in [6, 6.07) is 5.28. The van der Waals surface area contributed by atoms with Gasteiger partial charge in [-0.25, -0.2) is 4.39 Å². The molecule has 1 aromatic carbocycles. The van der Waals surface area contributed by atoms with Crippen LogP contribution in [-0.2, 0) is 6.54 Å². The van der Waals surface area contributed by atoms with E-state index in [0.29, 0.717) is 12.1 Å². The van der Waals surface area contributed by atoms with Gasteiger partial charge < -0.3 is 15.5 Å². The van der Waals surface area contributed by atoms with Crippen molar-refractivity contribution in [2.45, 2.75) is 27.3 Å². The molecule has 1 rings (SSSR count). The molecule has 0 bridgehead atoms. The third-order valence-corrected chi connectivity index (χ3v) is 3.53. The first-order chi connectivity index (χ1) is 10.1. The second-order valence-corrected chi connectivity index (χ2v) is 4.96. The van der Waals surface area contributed by atoms with E-state index >= 15 is 0 Å². The van der Waals surface area contributed by atoms with E-state index in [4.69, 9.17) is 0 Å². The molecule has 0 fully saturated rings. The number of hydrogen-bond donors (Lipinski definition) is 2. The normalized spacial score (nSPS) is 11.8. The summed E-state index contributed by atoms with van der Waals surface area (Å²) in [5.41, 5.74) is 1.57. The fourth-order valence-electron chi connectivity index (χ4n) is 2.02. The summed E-state index contributed by atoms with van der Waals surface area (Å²) in [5.74, 6) is 0.571. The molecule has 0 spiro atoms. The Balaban J connectivity index is 2.39. The minimum Gasteiger partial charge on any atom is -0.355 e. The fourth-order valence-corrected chi connectivity index (χ4v) is 2.02. The Labute approximate surface area is 127 Å². The monoisotopic (exact) mass is 294 g/mol. The number of nitrogens with one attached hydrogen (secondary N) is 2. The summed E-state index contributed by atoms with van der Waals surface area (Å²) >= 11 is 0. The molecule has 0 saturated carbocycles. The molecule has 0 saturated heterocycles. The predicted molar refractivity (Wildman–Crippen MR) is 87.1 cm³/mol. The molecular weight excluding hydrogens is 267 g/mol. The number of nitrogens with zero attached hydrogens (tertiary/aromatic N) is 2. The molecule has 0 atom stereocenters. The smallest absolute Gasteiger partial charge is 0.191 e. The number of guanidine groups is 1. The van der Waals surface area contributed by atoms with E-state index in [1.54, 1.807) is 26.1 Å². The quantitative estimate of drug-likeness (QED) is 0.598. The van der Waals surface area contributed by atoms with Gasteiger partial charge in [0.1, 0.15) is 5.82 Å². The van der Waals surface area contributed by atoms with E-state index < -0.39 is 0 Å². The van der Waals surface area contributed by atoms with Gasteiger partial charge >= 0.3 is 0 Å². The van der Waals surface area contributed by atoms with E-state index in [0.717, 1.165) is 37.7 Å². The van der Waals surface area contributed by atoms with Gasteiger partial charge in [-0.3, -0.25) is 4.99 Å². The molecule has 21 heavy (non-hydrogen) atoms. The average molecular weight is 294 g/mol. The van der Waals surface area contributed by atoms with Gasteiger partial charge in [-0.1, -0.05) is 26.0 Å². The molecule has 0 aromatic heterocycles. The van der Waals surface area contributed by atoms with Crippen LogP contribution < -0.4 is 10.6 Å². The maximum Gasteiger partial charge on any atom is 0.191 e. The topological polar surface area (TPSA) is 39.7 Å².